The highest BCUT2D eigenvalue weighted by atomic mass is 31.0. The molecule has 0 aliphatic rings. The molecular weight excluding hydrogens is 270 g/mol. The summed E-state index contributed by atoms with van der Waals surface area (Å²) >= 11 is 0. The van der Waals surface area contributed by atoms with Gasteiger partial charge in [0.15, 0.2) is 0 Å². The van der Waals surface area contributed by atoms with Gasteiger partial charge < -0.3 is 4.74 Å². The normalized spacial score (nSPS) is 10.8. The Morgan fingerprint density at radius 1 is 1.05 bits per heavy atom. The van der Waals surface area contributed by atoms with Gasteiger partial charge in [-0.1, -0.05) is 18.2 Å². The molecule has 0 saturated carbocycles. The maximum absolute atomic E-state index is 14.3. The van der Waals surface area contributed by atoms with Gasteiger partial charge in [0, 0.05) is 12.7 Å². The molecule has 3 heteroatoms. The summed E-state index contributed by atoms with van der Waals surface area (Å²) in [6, 6.07) is 9.57. The number of hydrogen-bond acceptors (Lipinski definition) is 1. The number of benzene rings is 2. The van der Waals surface area contributed by atoms with E-state index in [0.29, 0.717) is 12.2 Å². The summed E-state index contributed by atoms with van der Waals surface area (Å²) in [6.07, 6.45) is 0.763. The van der Waals surface area contributed by atoms with E-state index in [-0.39, 0.29) is 5.82 Å². The fraction of sp³-hybridized carbons (Fsp3) is 0.294. The Morgan fingerprint density at radius 3 is 2.40 bits per heavy atom. The Bertz CT molecular complexity index is 623. The van der Waals surface area contributed by atoms with Crippen LogP contribution in [0.15, 0.2) is 30.3 Å². The second-order valence-corrected chi connectivity index (χ2v) is 5.45. The van der Waals surface area contributed by atoms with Crippen LogP contribution in [-0.2, 0) is 17.5 Å². The average Bonchev–Trinajstić information content (AvgIpc) is 2.42. The first kappa shape index (κ1) is 15.2. The molecule has 2 rings (SSSR count). The summed E-state index contributed by atoms with van der Waals surface area (Å²) in [5.41, 5.74) is 5.94. The van der Waals surface area contributed by atoms with Crippen molar-refractivity contribution in [1.29, 1.82) is 0 Å². The highest BCUT2D eigenvalue weighted by molar-refractivity contribution is 7.15. The second-order valence-electron chi connectivity index (χ2n) is 5.04. The van der Waals surface area contributed by atoms with Gasteiger partial charge >= 0.3 is 0 Å². The number of methoxy groups -OCH3 is 1. The molecular formula is C17H20FOP. The molecule has 0 heterocycles. The van der Waals surface area contributed by atoms with Crippen LogP contribution in [-0.4, -0.2) is 7.11 Å². The number of hydrogen-bond donors (Lipinski definition) is 0. The molecule has 0 aromatic heterocycles. The zero-order chi connectivity index (χ0) is 14.7. The van der Waals surface area contributed by atoms with E-state index in [4.69, 9.17) is 4.74 Å². The fourth-order valence-corrected chi connectivity index (χ4v) is 2.66. The van der Waals surface area contributed by atoms with Gasteiger partial charge in [-0.3, -0.25) is 0 Å². The van der Waals surface area contributed by atoms with Gasteiger partial charge in [0.05, 0.1) is 6.61 Å². The molecule has 1 unspecified atom stereocenters. The van der Waals surface area contributed by atoms with Gasteiger partial charge in [0.1, 0.15) is 5.82 Å². The lowest BCUT2D eigenvalue weighted by Gasteiger charge is -2.13. The quantitative estimate of drug-likeness (QED) is 0.746. The van der Waals surface area contributed by atoms with E-state index < -0.39 is 0 Å². The Hall–Kier alpha value is -1.24. The molecule has 106 valence electrons. The Kier molecular flexibility index (Phi) is 4.91. The lowest BCUT2D eigenvalue weighted by molar-refractivity contribution is 0.184. The van der Waals surface area contributed by atoms with Crippen molar-refractivity contribution in [2.45, 2.75) is 26.6 Å². The molecule has 2 aromatic carbocycles. The molecule has 0 fully saturated rings. The summed E-state index contributed by atoms with van der Waals surface area (Å²) in [5, 5.41) is 0. The SMILES string of the molecule is COCc1cc(-c2ccc(CP)cc2F)c(C)cc1C. The Balaban J connectivity index is 2.54. The molecule has 0 amide bonds. The summed E-state index contributed by atoms with van der Waals surface area (Å²) in [4.78, 5) is 0. The van der Waals surface area contributed by atoms with Crippen molar-refractivity contribution < 1.29 is 9.13 Å². The van der Waals surface area contributed by atoms with Crippen LogP contribution in [0.3, 0.4) is 0 Å². The fourth-order valence-electron chi connectivity index (χ4n) is 2.40. The lowest BCUT2D eigenvalue weighted by Crippen LogP contribution is -1.97. The third-order valence-electron chi connectivity index (χ3n) is 3.54. The smallest absolute Gasteiger partial charge is 0.131 e. The zero-order valence-electron chi connectivity index (χ0n) is 12.2. The molecule has 1 atom stereocenters. The van der Waals surface area contributed by atoms with Crippen LogP contribution in [0, 0.1) is 19.7 Å². The van der Waals surface area contributed by atoms with E-state index >= 15 is 0 Å². The number of rotatable bonds is 4. The largest absolute Gasteiger partial charge is 0.380 e. The molecule has 1 nitrogen and oxygen atoms in total. The first-order valence-corrected chi connectivity index (χ1v) is 7.46. The molecule has 0 bridgehead atoms. The van der Waals surface area contributed by atoms with Crippen molar-refractivity contribution >= 4 is 9.24 Å². The molecule has 0 radical (unpaired) electrons. The third-order valence-corrected chi connectivity index (χ3v) is 4.01. The predicted molar refractivity (Wildman–Crippen MR) is 85.4 cm³/mol. The molecule has 0 aliphatic carbocycles. The molecule has 0 saturated heterocycles. The van der Waals surface area contributed by atoms with Crippen molar-refractivity contribution in [3.05, 3.63) is 58.4 Å². The van der Waals surface area contributed by atoms with Gasteiger partial charge in [-0.2, -0.15) is 0 Å². The van der Waals surface area contributed by atoms with Crippen LogP contribution in [0.5, 0.6) is 0 Å². The molecule has 0 spiro atoms. The van der Waals surface area contributed by atoms with E-state index in [1.165, 1.54) is 5.56 Å². The Labute approximate surface area is 122 Å². The standard InChI is InChI=1S/C17H20FOP/c1-11-6-12(2)16(8-14(11)9-19-3)15-5-4-13(10-20)7-17(15)18/h4-8H,9-10,20H2,1-3H3. The second kappa shape index (κ2) is 6.47. The van der Waals surface area contributed by atoms with Crippen molar-refractivity contribution in [3.8, 4) is 11.1 Å². The summed E-state index contributed by atoms with van der Waals surface area (Å²) < 4.78 is 19.5. The van der Waals surface area contributed by atoms with Gasteiger partial charge in [0.25, 0.3) is 0 Å². The number of ether oxygens (including phenoxy) is 1. The van der Waals surface area contributed by atoms with Crippen LogP contribution in [0.2, 0.25) is 0 Å². The highest BCUT2D eigenvalue weighted by Crippen LogP contribution is 2.30. The van der Waals surface area contributed by atoms with Gasteiger partial charge in [0.2, 0.25) is 0 Å². The van der Waals surface area contributed by atoms with Crippen molar-refractivity contribution in [2.75, 3.05) is 7.11 Å². The van der Waals surface area contributed by atoms with E-state index in [2.05, 4.69) is 22.2 Å². The monoisotopic (exact) mass is 290 g/mol. The van der Waals surface area contributed by atoms with Crippen LogP contribution < -0.4 is 0 Å². The zero-order valence-corrected chi connectivity index (χ0v) is 13.3. The molecule has 20 heavy (non-hydrogen) atoms. The van der Waals surface area contributed by atoms with Crippen molar-refractivity contribution in [1.82, 2.24) is 0 Å². The van der Waals surface area contributed by atoms with E-state index in [0.717, 1.165) is 28.4 Å². The van der Waals surface area contributed by atoms with Crippen molar-refractivity contribution in [3.63, 3.8) is 0 Å². The third kappa shape index (κ3) is 3.08. The van der Waals surface area contributed by atoms with E-state index in [9.17, 15) is 4.39 Å². The van der Waals surface area contributed by atoms with Crippen LogP contribution in [0.25, 0.3) is 11.1 Å². The Morgan fingerprint density at radius 2 is 1.80 bits per heavy atom. The maximum atomic E-state index is 14.3. The van der Waals surface area contributed by atoms with Gasteiger partial charge in [-0.15, -0.1) is 9.24 Å². The maximum Gasteiger partial charge on any atom is 0.131 e. The molecule has 0 aliphatic heterocycles. The molecule has 2 aromatic rings. The summed E-state index contributed by atoms with van der Waals surface area (Å²) in [6.45, 7) is 4.62. The average molecular weight is 290 g/mol. The van der Waals surface area contributed by atoms with Crippen molar-refractivity contribution in [2.24, 2.45) is 0 Å². The minimum atomic E-state index is -0.166. The van der Waals surface area contributed by atoms with E-state index in [1.807, 2.05) is 25.1 Å². The first-order valence-electron chi connectivity index (χ1n) is 6.64. The lowest BCUT2D eigenvalue weighted by atomic mass is 9.94. The highest BCUT2D eigenvalue weighted by Gasteiger charge is 2.11. The van der Waals surface area contributed by atoms with Gasteiger partial charge in [-0.25, -0.2) is 4.39 Å². The van der Waals surface area contributed by atoms with Crippen LogP contribution in [0.1, 0.15) is 22.3 Å². The summed E-state index contributed by atoms with van der Waals surface area (Å²) in [5.74, 6) is -0.166. The van der Waals surface area contributed by atoms with E-state index in [1.54, 1.807) is 13.2 Å². The predicted octanol–water partition coefficient (Wildman–Crippen LogP) is 4.63. The molecule has 0 N–H and O–H groups in total. The minimum Gasteiger partial charge on any atom is -0.380 e. The minimum absolute atomic E-state index is 0.166. The summed E-state index contributed by atoms with van der Waals surface area (Å²) in [7, 11) is 4.29. The van der Waals surface area contributed by atoms with Crippen LogP contribution >= 0.6 is 9.24 Å². The first-order chi connectivity index (χ1) is 9.56. The van der Waals surface area contributed by atoms with Crippen LogP contribution in [0.4, 0.5) is 4.39 Å². The topological polar surface area (TPSA) is 9.23 Å². The number of halogens is 1. The van der Waals surface area contributed by atoms with Gasteiger partial charge in [-0.05, 0) is 60.0 Å². The number of aryl methyl sites for hydroxylation is 2.